The molecule has 0 bridgehead atoms. The summed E-state index contributed by atoms with van der Waals surface area (Å²) in [5.41, 5.74) is 3.82. The number of benzene rings is 1. The maximum absolute atomic E-state index is 13.8. The van der Waals surface area contributed by atoms with Crippen molar-refractivity contribution in [3.63, 3.8) is 0 Å². The average molecular weight is 517 g/mol. The van der Waals surface area contributed by atoms with E-state index >= 15 is 0 Å². The van der Waals surface area contributed by atoms with Crippen molar-refractivity contribution < 1.29 is 19.4 Å². The van der Waals surface area contributed by atoms with Crippen molar-refractivity contribution in [3.05, 3.63) is 75.6 Å². The van der Waals surface area contributed by atoms with Crippen LogP contribution in [0.4, 0.5) is 0 Å². The summed E-state index contributed by atoms with van der Waals surface area (Å²) in [7, 11) is 1.59. The molecular formula is C29H32N4O5. The van der Waals surface area contributed by atoms with Gasteiger partial charge >= 0.3 is 5.97 Å². The number of aliphatic carboxylic acids is 1. The van der Waals surface area contributed by atoms with E-state index in [0.29, 0.717) is 29.6 Å². The molecule has 1 atom stereocenters. The molecule has 5 rings (SSSR count). The first kappa shape index (κ1) is 25.7. The minimum atomic E-state index is -1.38. The maximum atomic E-state index is 13.8. The van der Waals surface area contributed by atoms with Crippen LogP contribution in [0.1, 0.15) is 55.8 Å². The lowest BCUT2D eigenvalue weighted by Crippen LogP contribution is -2.33. The van der Waals surface area contributed by atoms with E-state index in [1.807, 2.05) is 37.3 Å². The van der Waals surface area contributed by atoms with Gasteiger partial charge < -0.3 is 19.1 Å². The van der Waals surface area contributed by atoms with Gasteiger partial charge in [-0.15, -0.1) is 0 Å². The highest BCUT2D eigenvalue weighted by atomic mass is 16.5. The molecule has 0 aliphatic carbocycles. The number of carboxylic acids is 1. The third-order valence-electron chi connectivity index (χ3n) is 6.87. The predicted octanol–water partition coefficient (Wildman–Crippen LogP) is 4.42. The summed E-state index contributed by atoms with van der Waals surface area (Å²) in [5, 5.41) is 15.5. The van der Waals surface area contributed by atoms with Crippen LogP contribution in [0.2, 0.25) is 0 Å². The van der Waals surface area contributed by atoms with Crippen LogP contribution in [-0.4, -0.2) is 42.6 Å². The number of aromatic nitrogens is 4. The highest BCUT2D eigenvalue weighted by Crippen LogP contribution is 2.41. The second kappa shape index (κ2) is 9.72. The Balaban J connectivity index is 1.84. The summed E-state index contributed by atoms with van der Waals surface area (Å²) in [4.78, 5) is 30.8. The largest absolute Gasteiger partial charge is 0.493 e. The van der Waals surface area contributed by atoms with Crippen molar-refractivity contribution >= 4 is 16.9 Å². The third-order valence-corrected chi connectivity index (χ3v) is 6.87. The van der Waals surface area contributed by atoms with Crippen LogP contribution in [0.5, 0.6) is 5.75 Å². The zero-order valence-electron chi connectivity index (χ0n) is 22.3. The van der Waals surface area contributed by atoms with Crippen molar-refractivity contribution in [2.75, 3.05) is 6.61 Å². The molecule has 0 saturated carbocycles. The third kappa shape index (κ3) is 4.58. The molecule has 0 spiro atoms. The first-order valence-corrected chi connectivity index (χ1v) is 12.7. The topological polar surface area (TPSA) is 108 Å². The van der Waals surface area contributed by atoms with E-state index in [2.05, 4.69) is 10.1 Å². The first-order valence-electron chi connectivity index (χ1n) is 12.7. The molecule has 4 heterocycles. The lowest BCUT2D eigenvalue weighted by atomic mass is 9.89. The second-order valence-electron chi connectivity index (χ2n) is 10.6. The van der Waals surface area contributed by atoms with Crippen molar-refractivity contribution in [1.29, 1.82) is 0 Å². The van der Waals surface area contributed by atoms with Crippen molar-refractivity contribution in [2.45, 2.75) is 58.8 Å². The number of carboxylic acid groups (broad SMARTS) is 1. The van der Waals surface area contributed by atoms with E-state index in [9.17, 15) is 14.7 Å². The van der Waals surface area contributed by atoms with Gasteiger partial charge in [-0.05, 0) is 75.4 Å². The molecule has 0 radical (unpaired) electrons. The number of hydrogen-bond donors (Lipinski definition) is 1. The van der Waals surface area contributed by atoms with E-state index in [4.69, 9.17) is 9.47 Å². The molecule has 1 aliphatic rings. The SMILES string of the molecule is Cc1c(-c2c(C(OC(C)(C)C)C(=O)O)n(C)c(=O)c3c2cnn3Cc2ccccn2)ccc2c1CCCO2. The molecule has 4 aromatic rings. The molecule has 38 heavy (non-hydrogen) atoms. The zero-order valence-corrected chi connectivity index (χ0v) is 22.3. The van der Waals surface area contributed by atoms with Crippen molar-refractivity contribution in [3.8, 4) is 16.9 Å². The quantitative estimate of drug-likeness (QED) is 0.404. The number of fused-ring (bicyclic) bond motifs is 2. The lowest BCUT2D eigenvalue weighted by Gasteiger charge is -2.29. The summed E-state index contributed by atoms with van der Waals surface area (Å²) in [6.07, 6.45) is 3.73. The molecule has 9 nitrogen and oxygen atoms in total. The second-order valence-corrected chi connectivity index (χ2v) is 10.6. The van der Waals surface area contributed by atoms with Gasteiger partial charge in [0.1, 0.15) is 11.3 Å². The Kier molecular flexibility index (Phi) is 6.56. The van der Waals surface area contributed by atoms with E-state index in [0.717, 1.165) is 41.0 Å². The van der Waals surface area contributed by atoms with Crippen LogP contribution >= 0.6 is 0 Å². The molecule has 0 amide bonds. The maximum Gasteiger partial charge on any atom is 0.339 e. The fourth-order valence-corrected chi connectivity index (χ4v) is 5.18. The number of carbonyl (C=O) groups is 1. The minimum absolute atomic E-state index is 0.280. The number of rotatable bonds is 6. The Morgan fingerprint density at radius 2 is 2.03 bits per heavy atom. The number of nitrogens with zero attached hydrogens (tertiary/aromatic N) is 4. The number of pyridine rings is 2. The molecule has 0 saturated heterocycles. The summed E-state index contributed by atoms with van der Waals surface area (Å²) < 4.78 is 15.0. The van der Waals surface area contributed by atoms with Gasteiger partial charge in [0.2, 0.25) is 0 Å². The summed E-state index contributed by atoms with van der Waals surface area (Å²) in [5.74, 6) is -0.331. The fourth-order valence-electron chi connectivity index (χ4n) is 5.18. The van der Waals surface area contributed by atoms with Crippen LogP contribution in [0.25, 0.3) is 22.0 Å². The molecule has 1 aromatic carbocycles. The van der Waals surface area contributed by atoms with E-state index < -0.39 is 17.7 Å². The molecule has 0 fully saturated rings. The standard InChI is InChI=1S/C29H32N4O5/c1-17-19-10-8-14-37-22(19)12-11-20(17)23-21-15-31-33(16-18-9-6-7-13-30-18)24(21)27(34)32(5)25(23)26(28(35)36)38-29(2,3)4/h6-7,9,11-13,15,26H,8,10,14,16H2,1-5H3,(H,35,36). The Labute approximate surface area is 220 Å². The van der Waals surface area contributed by atoms with E-state index in [1.54, 1.807) is 44.9 Å². The van der Waals surface area contributed by atoms with Crippen molar-refractivity contribution in [1.82, 2.24) is 19.3 Å². The van der Waals surface area contributed by atoms with Crippen LogP contribution in [0.15, 0.2) is 47.5 Å². The lowest BCUT2D eigenvalue weighted by molar-refractivity contribution is -0.161. The van der Waals surface area contributed by atoms with Gasteiger partial charge in [0, 0.05) is 24.2 Å². The fraction of sp³-hybridized carbons (Fsp3) is 0.379. The Bertz CT molecular complexity index is 1580. The molecular weight excluding hydrogens is 484 g/mol. The van der Waals surface area contributed by atoms with Gasteiger partial charge in [-0.1, -0.05) is 12.1 Å². The molecule has 3 aromatic heterocycles. The van der Waals surface area contributed by atoms with Crippen LogP contribution < -0.4 is 10.3 Å². The van der Waals surface area contributed by atoms with Crippen LogP contribution in [0.3, 0.4) is 0 Å². The number of hydrogen-bond acceptors (Lipinski definition) is 6. The molecule has 1 N–H and O–H groups in total. The van der Waals surface area contributed by atoms with Gasteiger partial charge in [0.05, 0.1) is 36.3 Å². The molecule has 198 valence electrons. The van der Waals surface area contributed by atoms with Gasteiger partial charge in [0.25, 0.3) is 5.56 Å². The highest BCUT2D eigenvalue weighted by molar-refractivity contribution is 5.98. The normalized spacial score (nSPS) is 14.2. The molecule has 1 aliphatic heterocycles. The van der Waals surface area contributed by atoms with Crippen LogP contribution in [0, 0.1) is 6.92 Å². The molecule has 9 heteroatoms. The Hall–Kier alpha value is -3.98. The summed E-state index contributed by atoms with van der Waals surface area (Å²) in [6, 6.07) is 9.45. The Morgan fingerprint density at radius 3 is 2.71 bits per heavy atom. The van der Waals surface area contributed by atoms with Gasteiger partial charge in [-0.25, -0.2) is 4.79 Å². The van der Waals surface area contributed by atoms with Crippen molar-refractivity contribution in [2.24, 2.45) is 7.05 Å². The zero-order chi connectivity index (χ0) is 27.2. The van der Waals surface area contributed by atoms with Crippen LogP contribution in [-0.2, 0) is 29.5 Å². The highest BCUT2D eigenvalue weighted by Gasteiger charge is 2.34. The smallest absolute Gasteiger partial charge is 0.339 e. The molecule has 1 unspecified atom stereocenters. The van der Waals surface area contributed by atoms with Gasteiger partial charge in [0.15, 0.2) is 6.10 Å². The minimum Gasteiger partial charge on any atom is -0.493 e. The van der Waals surface area contributed by atoms with E-state index in [-0.39, 0.29) is 11.3 Å². The average Bonchev–Trinajstić information content (AvgIpc) is 3.29. The summed E-state index contributed by atoms with van der Waals surface area (Å²) in [6.45, 7) is 8.38. The predicted molar refractivity (Wildman–Crippen MR) is 144 cm³/mol. The number of ether oxygens (including phenoxy) is 2. The van der Waals surface area contributed by atoms with Gasteiger partial charge in [-0.2, -0.15) is 5.10 Å². The first-order chi connectivity index (χ1) is 18.1. The summed E-state index contributed by atoms with van der Waals surface area (Å²) >= 11 is 0. The van der Waals surface area contributed by atoms with Gasteiger partial charge in [-0.3, -0.25) is 14.5 Å². The monoisotopic (exact) mass is 516 g/mol. The van der Waals surface area contributed by atoms with E-state index in [1.165, 1.54) is 4.57 Å². The Morgan fingerprint density at radius 1 is 1.24 bits per heavy atom.